The summed E-state index contributed by atoms with van der Waals surface area (Å²) in [5.74, 6) is 0.336. The second-order valence-corrected chi connectivity index (χ2v) is 5.30. The first-order valence-corrected chi connectivity index (χ1v) is 6.77. The molecule has 0 radical (unpaired) electrons. The predicted octanol–water partition coefficient (Wildman–Crippen LogP) is 3.64. The van der Waals surface area contributed by atoms with Crippen LogP contribution < -0.4 is 4.74 Å². The summed E-state index contributed by atoms with van der Waals surface area (Å²) < 4.78 is 6.18. The van der Waals surface area contributed by atoms with Crippen molar-refractivity contribution in [2.24, 2.45) is 0 Å². The van der Waals surface area contributed by atoms with Crippen molar-refractivity contribution in [3.8, 4) is 11.8 Å². The summed E-state index contributed by atoms with van der Waals surface area (Å²) in [6, 6.07) is 10.7. The second kappa shape index (κ2) is 5.80. The minimum atomic E-state index is -0.0863. The number of ether oxygens (including phenoxy) is 1. The highest BCUT2D eigenvalue weighted by molar-refractivity contribution is 9.10. The van der Waals surface area contributed by atoms with Crippen LogP contribution in [0, 0.1) is 11.3 Å². The summed E-state index contributed by atoms with van der Waals surface area (Å²) in [6.07, 6.45) is 0. The fourth-order valence-corrected chi connectivity index (χ4v) is 2.38. The first kappa shape index (κ1) is 12.8. The zero-order chi connectivity index (χ0) is 13.0. The molecule has 0 fully saturated rings. The molecule has 1 aromatic heterocycles. The van der Waals surface area contributed by atoms with Crippen molar-refractivity contribution >= 4 is 33.0 Å². The molecule has 2 rings (SSSR count). The number of Topliss-reactive ketones (excluding diaryl/α,β-unsaturated/α-hetero) is 1. The molecule has 0 spiro atoms. The first-order valence-electron chi connectivity index (χ1n) is 5.10. The van der Waals surface area contributed by atoms with E-state index in [9.17, 15) is 4.79 Å². The third-order valence-corrected chi connectivity index (χ3v) is 3.62. The van der Waals surface area contributed by atoms with E-state index in [-0.39, 0.29) is 12.4 Å². The summed E-state index contributed by atoms with van der Waals surface area (Å²) in [7, 11) is 0. The Hall–Kier alpha value is -1.64. The number of nitrogens with zero attached hydrogens (tertiary/aromatic N) is 1. The Morgan fingerprint density at radius 1 is 1.44 bits per heavy atom. The number of hydrogen-bond acceptors (Lipinski definition) is 4. The van der Waals surface area contributed by atoms with Crippen LogP contribution in [-0.2, 0) is 0 Å². The smallest absolute Gasteiger partial charge is 0.210 e. The third-order valence-electron chi connectivity index (χ3n) is 2.22. The van der Waals surface area contributed by atoms with Crippen LogP contribution in [0.5, 0.6) is 5.75 Å². The van der Waals surface area contributed by atoms with Crippen molar-refractivity contribution in [3.63, 3.8) is 0 Å². The van der Waals surface area contributed by atoms with Gasteiger partial charge in [-0.15, -0.1) is 11.3 Å². The minimum Gasteiger partial charge on any atom is -0.484 e. The summed E-state index contributed by atoms with van der Waals surface area (Å²) in [6.45, 7) is -0.0587. The van der Waals surface area contributed by atoms with Crippen LogP contribution in [0.15, 0.2) is 40.2 Å². The van der Waals surface area contributed by atoms with Crippen LogP contribution in [0.25, 0.3) is 0 Å². The van der Waals surface area contributed by atoms with Gasteiger partial charge >= 0.3 is 0 Å². The Bertz CT molecular complexity index is 602. The van der Waals surface area contributed by atoms with Gasteiger partial charge in [0, 0.05) is 4.47 Å². The highest BCUT2D eigenvalue weighted by Gasteiger charge is 2.10. The lowest BCUT2D eigenvalue weighted by molar-refractivity contribution is 0.0925. The van der Waals surface area contributed by atoms with Gasteiger partial charge in [0.25, 0.3) is 0 Å². The van der Waals surface area contributed by atoms with E-state index in [1.165, 1.54) is 11.3 Å². The standard InChI is InChI=1S/C13H8BrNO2S/c14-10-3-4-12(9(6-10)7-15)17-8-11(16)13-2-1-5-18-13/h1-6H,8H2. The van der Waals surface area contributed by atoms with Gasteiger partial charge in [0.05, 0.1) is 10.4 Å². The van der Waals surface area contributed by atoms with Gasteiger partial charge in [-0.2, -0.15) is 5.26 Å². The Kier molecular flexibility index (Phi) is 4.13. The topological polar surface area (TPSA) is 50.1 Å². The van der Waals surface area contributed by atoms with E-state index in [0.717, 1.165) is 4.47 Å². The van der Waals surface area contributed by atoms with Gasteiger partial charge in [-0.3, -0.25) is 4.79 Å². The molecule has 1 heterocycles. The van der Waals surface area contributed by atoms with Crippen molar-refractivity contribution in [1.29, 1.82) is 5.26 Å². The van der Waals surface area contributed by atoms with Gasteiger partial charge in [-0.25, -0.2) is 0 Å². The molecule has 0 aliphatic carbocycles. The normalized spacial score (nSPS) is 9.78. The van der Waals surface area contributed by atoms with Crippen LogP contribution in [0.3, 0.4) is 0 Å². The largest absolute Gasteiger partial charge is 0.484 e. The number of benzene rings is 1. The molecule has 18 heavy (non-hydrogen) atoms. The van der Waals surface area contributed by atoms with Crippen molar-refractivity contribution in [2.75, 3.05) is 6.61 Å². The number of ketones is 1. The van der Waals surface area contributed by atoms with Crippen LogP contribution in [0.1, 0.15) is 15.2 Å². The zero-order valence-electron chi connectivity index (χ0n) is 9.22. The van der Waals surface area contributed by atoms with Crippen molar-refractivity contribution < 1.29 is 9.53 Å². The average molecular weight is 322 g/mol. The van der Waals surface area contributed by atoms with Gasteiger partial charge < -0.3 is 4.74 Å². The molecule has 1 aromatic carbocycles. The number of carbonyl (C=O) groups excluding carboxylic acids is 1. The zero-order valence-corrected chi connectivity index (χ0v) is 11.6. The molecule has 90 valence electrons. The summed E-state index contributed by atoms with van der Waals surface area (Å²) in [4.78, 5) is 12.4. The van der Waals surface area contributed by atoms with E-state index in [1.807, 2.05) is 17.5 Å². The lowest BCUT2D eigenvalue weighted by atomic mass is 10.2. The Morgan fingerprint density at radius 3 is 2.94 bits per heavy atom. The van der Waals surface area contributed by atoms with Crippen LogP contribution in [0.2, 0.25) is 0 Å². The molecule has 0 aliphatic heterocycles. The minimum absolute atomic E-state index is 0.0587. The molecular formula is C13H8BrNO2S. The van der Waals surface area contributed by atoms with Crippen LogP contribution in [-0.4, -0.2) is 12.4 Å². The fraction of sp³-hybridized carbons (Fsp3) is 0.0769. The third kappa shape index (κ3) is 2.97. The second-order valence-electron chi connectivity index (χ2n) is 3.44. The number of rotatable bonds is 4. The van der Waals surface area contributed by atoms with Crippen molar-refractivity contribution in [1.82, 2.24) is 0 Å². The molecule has 0 aliphatic rings. The highest BCUT2D eigenvalue weighted by atomic mass is 79.9. The lowest BCUT2D eigenvalue weighted by Crippen LogP contribution is -2.10. The average Bonchev–Trinajstić information content (AvgIpc) is 2.90. The monoisotopic (exact) mass is 321 g/mol. The van der Waals surface area contributed by atoms with Gasteiger partial charge in [0.1, 0.15) is 11.8 Å². The number of carbonyl (C=O) groups is 1. The molecule has 0 N–H and O–H groups in total. The molecule has 2 aromatic rings. The Balaban J connectivity index is 2.07. The first-order chi connectivity index (χ1) is 8.70. The van der Waals surface area contributed by atoms with Crippen molar-refractivity contribution in [2.45, 2.75) is 0 Å². The maximum atomic E-state index is 11.7. The quantitative estimate of drug-likeness (QED) is 0.808. The molecule has 0 unspecified atom stereocenters. The molecule has 0 atom stereocenters. The summed E-state index contributed by atoms with van der Waals surface area (Å²) in [5, 5.41) is 10.8. The van der Waals surface area contributed by atoms with E-state index >= 15 is 0 Å². The SMILES string of the molecule is N#Cc1cc(Br)ccc1OCC(=O)c1cccs1. The summed E-state index contributed by atoms with van der Waals surface area (Å²) >= 11 is 4.65. The molecule has 3 nitrogen and oxygen atoms in total. The Labute approximate surface area is 117 Å². The van der Waals surface area contributed by atoms with E-state index in [4.69, 9.17) is 10.00 Å². The van der Waals surface area contributed by atoms with Gasteiger partial charge in [-0.05, 0) is 29.6 Å². The maximum absolute atomic E-state index is 11.7. The molecule has 0 saturated heterocycles. The number of halogens is 1. The van der Waals surface area contributed by atoms with E-state index in [1.54, 1.807) is 24.3 Å². The molecule has 5 heteroatoms. The Morgan fingerprint density at radius 2 is 2.28 bits per heavy atom. The molecular weight excluding hydrogens is 314 g/mol. The maximum Gasteiger partial charge on any atom is 0.210 e. The van der Waals surface area contributed by atoms with E-state index in [0.29, 0.717) is 16.2 Å². The predicted molar refractivity (Wildman–Crippen MR) is 73.0 cm³/mol. The van der Waals surface area contributed by atoms with Gasteiger partial charge in [0.15, 0.2) is 6.61 Å². The highest BCUT2D eigenvalue weighted by Crippen LogP contribution is 2.22. The number of hydrogen-bond donors (Lipinski definition) is 0. The van der Waals surface area contributed by atoms with Gasteiger partial charge in [0.2, 0.25) is 5.78 Å². The molecule has 0 saturated carbocycles. The molecule has 0 amide bonds. The molecule has 0 bridgehead atoms. The van der Waals surface area contributed by atoms with Crippen LogP contribution >= 0.6 is 27.3 Å². The number of thiophene rings is 1. The van der Waals surface area contributed by atoms with Crippen LogP contribution in [0.4, 0.5) is 0 Å². The fourth-order valence-electron chi connectivity index (χ4n) is 1.37. The lowest BCUT2D eigenvalue weighted by Gasteiger charge is -2.06. The van der Waals surface area contributed by atoms with E-state index < -0.39 is 0 Å². The summed E-state index contributed by atoms with van der Waals surface area (Å²) in [5.41, 5.74) is 0.406. The number of nitriles is 1. The van der Waals surface area contributed by atoms with Gasteiger partial charge in [-0.1, -0.05) is 22.0 Å². The van der Waals surface area contributed by atoms with E-state index in [2.05, 4.69) is 15.9 Å². The van der Waals surface area contributed by atoms with Crippen molar-refractivity contribution in [3.05, 3.63) is 50.6 Å².